The summed E-state index contributed by atoms with van der Waals surface area (Å²) in [5.74, 6) is -0.122. The van der Waals surface area contributed by atoms with Gasteiger partial charge in [-0.25, -0.2) is 12.7 Å². The summed E-state index contributed by atoms with van der Waals surface area (Å²) in [5.41, 5.74) is 1.70. The van der Waals surface area contributed by atoms with Crippen molar-refractivity contribution in [2.24, 2.45) is 5.92 Å². The van der Waals surface area contributed by atoms with Crippen molar-refractivity contribution >= 4 is 39.1 Å². The van der Waals surface area contributed by atoms with E-state index in [1.165, 1.54) is 9.87 Å². The number of carbonyl (C=O) groups excluding carboxylic acids is 1. The highest BCUT2D eigenvalue weighted by molar-refractivity contribution is 7.88. The minimum atomic E-state index is -3.51. The molecule has 3 rings (SSSR count). The third-order valence-electron chi connectivity index (χ3n) is 5.52. The van der Waals surface area contributed by atoms with Gasteiger partial charge in [0.05, 0.1) is 5.75 Å². The Bertz CT molecular complexity index is 975. The monoisotopic (exact) mass is 468 g/mol. The lowest BCUT2D eigenvalue weighted by molar-refractivity contribution is -0.126. The van der Waals surface area contributed by atoms with Gasteiger partial charge in [0.1, 0.15) is 0 Å². The number of rotatable bonds is 7. The second-order valence-corrected chi connectivity index (χ2v) is 10.5. The molecule has 1 aliphatic heterocycles. The molecule has 1 saturated heterocycles. The van der Waals surface area contributed by atoms with Gasteiger partial charge in [0.15, 0.2) is 0 Å². The van der Waals surface area contributed by atoms with Crippen LogP contribution in [0.5, 0.6) is 0 Å². The molecule has 0 aliphatic carbocycles. The molecule has 0 saturated carbocycles. The van der Waals surface area contributed by atoms with E-state index >= 15 is 0 Å². The van der Waals surface area contributed by atoms with Crippen molar-refractivity contribution in [3.05, 3.63) is 69.7 Å². The van der Waals surface area contributed by atoms with Gasteiger partial charge in [-0.1, -0.05) is 66.5 Å². The Hall–Kier alpha value is -1.60. The Kier molecular flexibility index (Phi) is 7.80. The summed E-state index contributed by atoms with van der Waals surface area (Å²) in [6.07, 6.45) is 1.03. The van der Waals surface area contributed by atoms with Crippen LogP contribution in [0, 0.1) is 5.92 Å². The number of benzene rings is 2. The first-order chi connectivity index (χ1) is 14.3. The van der Waals surface area contributed by atoms with Gasteiger partial charge in [0.2, 0.25) is 15.9 Å². The molecule has 1 N–H and O–H groups in total. The van der Waals surface area contributed by atoms with Crippen molar-refractivity contribution < 1.29 is 13.2 Å². The average molecular weight is 469 g/mol. The highest BCUT2D eigenvalue weighted by atomic mass is 35.5. The lowest BCUT2D eigenvalue weighted by Crippen LogP contribution is -2.43. The zero-order valence-electron chi connectivity index (χ0n) is 16.9. The predicted octanol–water partition coefficient (Wildman–Crippen LogP) is 4.46. The molecule has 1 atom stereocenters. The number of amides is 1. The normalized spacial score (nSPS) is 16.9. The number of nitrogens with one attached hydrogen (secondary N) is 1. The van der Waals surface area contributed by atoms with E-state index in [1.807, 2.05) is 30.3 Å². The van der Waals surface area contributed by atoms with Crippen LogP contribution in [-0.2, 0) is 20.6 Å². The molecular weight excluding hydrogens is 443 g/mol. The van der Waals surface area contributed by atoms with E-state index in [2.05, 4.69) is 12.2 Å². The van der Waals surface area contributed by atoms with Crippen LogP contribution in [0.3, 0.4) is 0 Å². The maximum atomic E-state index is 12.8. The van der Waals surface area contributed by atoms with E-state index in [9.17, 15) is 13.2 Å². The van der Waals surface area contributed by atoms with Crippen LogP contribution in [0.15, 0.2) is 48.5 Å². The molecular formula is C22H26Cl2N2O3S. The van der Waals surface area contributed by atoms with E-state index in [4.69, 9.17) is 23.2 Å². The Morgan fingerprint density at radius 2 is 1.80 bits per heavy atom. The van der Waals surface area contributed by atoms with Crippen LogP contribution >= 0.6 is 23.2 Å². The molecule has 2 aromatic carbocycles. The lowest BCUT2D eigenvalue weighted by atomic mass is 9.96. The molecule has 1 heterocycles. The van der Waals surface area contributed by atoms with Crippen molar-refractivity contribution in [2.45, 2.75) is 31.4 Å². The Balaban J connectivity index is 1.50. The maximum Gasteiger partial charge on any atom is 0.223 e. The van der Waals surface area contributed by atoms with Crippen molar-refractivity contribution in [3.63, 3.8) is 0 Å². The number of hydrogen-bond donors (Lipinski definition) is 1. The van der Waals surface area contributed by atoms with Crippen LogP contribution in [0.2, 0.25) is 10.0 Å². The number of halogens is 2. The largest absolute Gasteiger partial charge is 0.355 e. The molecule has 1 amide bonds. The quantitative estimate of drug-likeness (QED) is 0.652. The second kappa shape index (κ2) is 10.1. The smallest absolute Gasteiger partial charge is 0.223 e. The van der Waals surface area contributed by atoms with Gasteiger partial charge in [-0.05, 0) is 42.0 Å². The summed E-state index contributed by atoms with van der Waals surface area (Å²) < 4.78 is 27.0. The summed E-state index contributed by atoms with van der Waals surface area (Å²) in [4.78, 5) is 12.5. The first-order valence-corrected chi connectivity index (χ1v) is 12.4. The number of sulfonamides is 1. The van der Waals surface area contributed by atoms with E-state index in [-0.39, 0.29) is 23.5 Å². The summed E-state index contributed by atoms with van der Waals surface area (Å²) in [7, 11) is -3.51. The van der Waals surface area contributed by atoms with Crippen LogP contribution in [0.4, 0.5) is 0 Å². The summed E-state index contributed by atoms with van der Waals surface area (Å²) >= 11 is 12.0. The average Bonchev–Trinajstić information content (AvgIpc) is 2.74. The maximum absolute atomic E-state index is 12.8. The van der Waals surface area contributed by atoms with Crippen molar-refractivity contribution in [1.82, 2.24) is 9.62 Å². The minimum absolute atomic E-state index is 0.00410. The van der Waals surface area contributed by atoms with Gasteiger partial charge in [-0.2, -0.15) is 0 Å². The molecule has 0 unspecified atom stereocenters. The van der Waals surface area contributed by atoms with E-state index in [0.29, 0.717) is 48.1 Å². The molecule has 2 aromatic rings. The van der Waals surface area contributed by atoms with Crippen LogP contribution in [0.1, 0.15) is 36.8 Å². The van der Waals surface area contributed by atoms with Crippen molar-refractivity contribution in [2.75, 3.05) is 19.6 Å². The summed E-state index contributed by atoms with van der Waals surface area (Å²) in [6, 6.07) is 14.8. The fourth-order valence-corrected chi connectivity index (χ4v) is 5.77. The van der Waals surface area contributed by atoms with Gasteiger partial charge in [0, 0.05) is 35.6 Å². The Morgan fingerprint density at radius 1 is 1.13 bits per heavy atom. The van der Waals surface area contributed by atoms with Gasteiger partial charge < -0.3 is 5.32 Å². The van der Waals surface area contributed by atoms with E-state index in [0.717, 1.165) is 0 Å². The van der Waals surface area contributed by atoms with Crippen LogP contribution < -0.4 is 5.32 Å². The SMILES string of the molecule is C[C@@H](CNC(=O)C1CCN(S(=O)(=O)Cc2ccc(Cl)cc2Cl)CC1)c1ccccc1. The standard InChI is InChI=1S/C22H26Cl2N2O3S/c1-16(17-5-3-2-4-6-17)14-25-22(27)18-9-11-26(12-10-18)30(28,29)15-19-7-8-20(23)13-21(19)24/h2-8,13,16,18H,9-12,14-15H2,1H3,(H,25,27)/t16-/m0/s1. The number of carbonyl (C=O) groups is 1. The van der Waals surface area contributed by atoms with Crippen LogP contribution in [-0.4, -0.2) is 38.3 Å². The molecule has 8 heteroatoms. The molecule has 0 spiro atoms. The van der Waals surface area contributed by atoms with Gasteiger partial charge in [-0.3, -0.25) is 4.79 Å². The highest BCUT2D eigenvalue weighted by Crippen LogP contribution is 2.26. The Morgan fingerprint density at radius 3 is 2.43 bits per heavy atom. The third-order valence-corrected chi connectivity index (χ3v) is 7.94. The zero-order valence-corrected chi connectivity index (χ0v) is 19.2. The second-order valence-electron chi connectivity index (χ2n) is 7.72. The van der Waals surface area contributed by atoms with Gasteiger partial charge in [0.25, 0.3) is 0 Å². The lowest BCUT2D eigenvalue weighted by Gasteiger charge is -2.31. The minimum Gasteiger partial charge on any atom is -0.355 e. The topological polar surface area (TPSA) is 66.5 Å². The zero-order chi connectivity index (χ0) is 21.7. The molecule has 0 radical (unpaired) electrons. The van der Waals surface area contributed by atoms with Gasteiger partial charge in [-0.15, -0.1) is 0 Å². The summed E-state index contributed by atoms with van der Waals surface area (Å²) in [6.45, 7) is 3.31. The number of hydrogen-bond acceptors (Lipinski definition) is 3. The highest BCUT2D eigenvalue weighted by Gasteiger charge is 2.31. The van der Waals surface area contributed by atoms with Gasteiger partial charge >= 0.3 is 0 Å². The summed E-state index contributed by atoms with van der Waals surface area (Å²) in [5, 5.41) is 3.83. The third kappa shape index (κ3) is 5.97. The number of piperidine rings is 1. The predicted molar refractivity (Wildman–Crippen MR) is 121 cm³/mol. The molecule has 5 nitrogen and oxygen atoms in total. The van der Waals surface area contributed by atoms with Crippen molar-refractivity contribution in [1.29, 1.82) is 0 Å². The van der Waals surface area contributed by atoms with E-state index < -0.39 is 10.0 Å². The van der Waals surface area contributed by atoms with Crippen LogP contribution in [0.25, 0.3) is 0 Å². The molecule has 0 aromatic heterocycles. The first-order valence-electron chi connectivity index (χ1n) is 10.0. The molecule has 30 heavy (non-hydrogen) atoms. The van der Waals surface area contributed by atoms with Crippen molar-refractivity contribution in [3.8, 4) is 0 Å². The Labute approximate surface area is 188 Å². The fourth-order valence-electron chi connectivity index (χ4n) is 3.62. The molecule has 162 valence electrons. The molecule has 0 bridgehead atoms. The molecule has 1 aliphatic rings. The fraction of sp³-hybridized carbons (Fsp3) is 0.409. The number of nitrogens with zero attached hydrogens (tertiary/aromatic N) is 1. The van der Waals surface area contributed by atoms with E-state index in [1.54, 1.807) is 18.2 Å². The molecule has 1 fully saturated rings. The first kappa shape index (κ1) is 23.1.